The molecule has 1 fully saturated rings. The van der Waals surface area contributed by atoms with Crippen molar-refractivity contribution < 1.29 is 19.1 Å². The molecular formula is C21H31NO4S. The molecular weight excluding hydrogens is 362 g/mol. The third kappa shape index (κ3) is 6.16. The van der Waals surface area contributed by atoms with E-state index in [0.717, 1.165) is 17.7 Å². The quantitative estimate of drug-likeness (QED) is 0.630. The SMILES string of the molecule is COc1ccc(CC(=O)N2C(CC(C)C)SCC2C(=O)OCC(C)C)cc1. The minimum Gasteiger partial charge on any atom is -0.497 e. The zero-order valence-corrected chi connectivity index (χ0v) is 17.8. The first-order chi connectivity index (χ1) is 12.8. The van der Waals surface area contributed by atoms with Crippen LogP contribution < -0.4 is 4.74 Å². The first kappa shape index (κ1) is 21.6. The molecule has 1 heterocycles. The number of rotatable bonds is 8. The molecule has 5 nitrogen and oxygen atoms in total. The Labute approximate surface area is 166 Å². The Bertz CT molecular complexity index is 630. The zero-order chi connectivity index (χ0) is 20.0. The van der Waals surface area contributed by atoms with E-state index in [1.54, 1.807) is 23.8 Å². The number of hydrogen-bond acceptors (Lipinski definition) is 5. The molecule has 1 aromatic carbocycles. The number of nitrogens with zero attached hydrogens (tertiary/aromatic N) is 1. The van der Waals surface area contributed by atoms with E-state index in [0.29, 0.717) is 18.3 Å². The molecule has 1 aromatic rings. The Morgan fingerprint density at radius 3 is 2.37 bits per heavy atom. The largest absolute Gasteiger partial charge is 0.497 e. The summed E-state index contributed by atoms with van der Waals surface area (Å²) in [6.07, 6.45) is 1.14. The number of carbonyl (C=O) groups is 2. The van der Waals surface area contributed by atoms with Crippen molar-refractivity contribution in [2.45, 2.75) is 52.0 Å². The molecule has 0 saturated carbocycles. The molecule has 0 radical (unpaired) electrons. The lowest BCUT2D eigenvalue weighted by Crippen LogP contribution is -2.47. The standard InChI is InChI=1S/C21H31NO4S/c1-14(2)10-20-22(18(13-27-20)21(24)26-12-15(3)4)19(23)11-16-6-8-17(25-5)9-7-16/h6-9,14-15,18,20H,10-13H2,1-5H3. The smallest absolute Gasteiger partial charge is 0.329 e. The summed E-state index contributed by atoms with van der Waals surface area (Å²) >= 11 is 1.68. The molecule has 2 atom stereocenters. The van der Waals surface area contributed by atoms with Crippen LogP contribution in [-0.2, 0) is 20.7 Å². The van der Waals surface area contributed by atoms with E-state index in [-0.39, 0.29) is 29.6 Å². The van der Waals surface area contributed by atoms with Crippen molar-refractivity contribution in [3.05, 3.63) is 29.8 Å². The number of ether oxygens (including phenoxy) is 2. The van der Waals surface area contributed by atoms with Crippen LogP contribution in [0.2, 0.25) is 0 Å². The van der Waals surface area contributed by atoms with E-state index in [1.807, 2.05) is 38.1 Å². The summed E-state index contributed by atoms with van der Waals surface area (Å²) in [6.45, 7) is 8.67. The highest BCUT2D eigenvalue weighted by molar-refractivity contribution is 8.00. The van der Waals surface area contributed by atoms with E-state index < -0.39 is 6.04 Å². The molecule has 0 aromatic heterocycles. The highest BCUT2D eigenvalue weighted by atomic mass is 32.2. The van der Waals surface area contributed by atoms with Crippen LogP contribution in [0.3, 0.4) is 0 Å². The maximum Gasteiger partial charge on any atom is 0.329 e. The monoisotopic (exact) mass is 393 g/mol. The average molecular weight is 394 g/mol. The van der Waals surface area contributed by atoms with Gasteiger partial charge in [0, 0.05) is 5.75 Å². The summed E-state index contributed by atoms with van der Waals surface area (Å²) in [5, 5.41) is 0.0207. The fraction of sp³-hybridized carbons (Fsp3) is 0.619. The normalized spacial score (nSPS) is 19.6. The summed E-state index contributed by atoms with van der Waals surface area (Å²) in [4.78, 5) is 27.4. The molecule has 1 amide bonds. The van der Waals surface area contributed by atoms with Gasteiger partial charge in [0.25, 0.3) is 0 Å². The van der Waals surface area contributed by atoms with Crippen LogP contribution in [0.5, 0.6) is 5.75 Å². The lowest BCUT2D eigenvalue weighted by molar-refractivity contribution is -0.154. The maximum atomic E-state index is 13.1. The number of thioether (sulfide) groups is 1. The van der Waals surface area contributed by atoms with Crippen molar-refractivity contribution >= 4 is 23.6 Å². The molecule has 1 saturated heterocycles. The number of amides is 1. The second-order valence-corrected chi connectivity index (χ2v) is 8.99. The van der Waals surface area contributed by atoms with E-state index >= 15 is 0 Å². The van der Waals surface area contributed by atoms with Crippen LogP contribution in [0.4, 0.5) is 0 Å². The van der Waals surface area contributed by atoms with Gasteiger partial charge >= 0.3 is 5.97 Å². The van der Waals surface area contributed by atoms with Gasteiger partial charge in [-0.2, -0.15) is 0 Å². The van der Waals surface area contributed by atoms with Crippen LogP contribution >= 0.6 is 11.8 Å². The van der Waals surface area contributed by atoms with E-state index in [1.165, 1.54) is 0 Å². The third-order valence-electron chi connectivity index (χ3n) is 4.40. The van der Waals surface area contributed by atoms with Gasteiger partial charge in [-0.25, -0.2) is 4.79 Å². The summed E-state index contributed by atoms with van der Waals surface area (Å²) in [5.41, 5.74) is 0.912. The zero-order valence-electron chi connectivity index (χ0n) is 16.9. The Morgan fingerprint density at radius 2 is 1.81 bits per heavy atom. The summed E-state index contributed by atoms with van der Waals surface area (Å²) in [6, 6.07) is 6.98. The topological polar surface area (TPSA) is 55.8 Å². The molecule has 1 aliphatic heterocycles. The molecule has 0 spiro atoms. The fourth-order valence-corrected chi connectivity index (χ4v) is 4.67. The molecule has 150 valence electrons. The van der Waals surface area contributed by atoms with Crippen LogP contribution in [0.1, 0.15) is 39.7 Å². The minimum atomic E-state index is -0.497. The Kier molecular flexibility index (Phi) is 8.02. The van der Waals surface area contributed by atoms with Gasteiger partial charge in [0.05, 0.1) is 25.5 Å². The van der Waals surface area contributed by atoms with Crippen molar-refractivity contribution in [3.63, 3.8) is 0 Å². The van der Waals surface area contributed by atoms with E-state index in [2.05, 4.69) is 13.8 Å². The molecule has 0 bridgehead atoms. The van der Waals surface area contributed by atoms with Gasteiger partial charge in [-0.3, -0.25) is 4.79 Å². The van der Waals surface area contributed by atoms with Gasteiger partial charge in [0.1, 0.15) is 11.8 Å². The molecule has 1 aliphatic rings. The predicted molar refractivity (Wildman–Crippen MR) is 109 cm³/mol. The van der Waals surface area contributed by atoms with Crippen molar-refractivity contribution in [3.8, 4) is 5.75 Å². The molecule has 2 unspecified atom stereocenters. The van der Waals surface area contributed by atoms with Crippen molar-refractivity contribution in [1.29, 1.82) is 0 Å². The number of hydrogen-bond donors (Lipinski definition) is 0. The average Bonchev–Trinajstić information content (AvgIpc) is 3.03. The van der Waals surface area contributed by atoms with E-state index in [9.17, 15) is 9.59 Å². The summed E-state index contributed by atoms with van der Waals surface area (Å²) < 4.78 is 10.6. The van der Waals surface area contributed by atoms with Gasteiger partial charge in [0.15, 0.2) is 0 Å². The van der Waals surface area contributed by atoms with Gasteiger partial charge in [-0.15, -0.1) is 11.8 Å². The highest BCUT2D eigenvalue weighted by Crippen LogP contribution is 2.34. The van der Waals surface area contributed by atoms with Gasteiger partial charge in [0.2, 0.25) is 5.91 Å². The molecule has 2 rings (SSSR count). The van der Waals surface area contributed by atoms with Crippen molar-refractivity contribution in [1.82, 2.24) is 4.90 Å². The second-order valence-electron chi connectivity index (χ2n) is 7.78. The summed E-state index contributed by atoms with van der Waals surface area (Å²) in [7, 11) is 1.62. The van der Waals surface area contributed by atoms with Gasteiger partial charge in [-0.05, 0) is 36.0 Å². The van der Waals surface area contributed by atoms with Crippen LogP contribution in [0.15, 0.2) is 24.3 Å². The van der Waals surface area contributed by atoms with Crippen LogP contribution in [0, 0.1) is 11.8 Å². The van der Waals surface area contributed by atoms with Crippen molar-refractivity contribution in [2.24, 2.45) is 11.8 Å². The molecule has 6 heteroatoms. The van der Waals surface area contributed by atoms with E-state index in [4.69, 9.17) is 9.47 Å². The molecule has 27 heavy (non-hydrogen) atoms. The Morgan fingerprint density at radius 1 is 1.15 bits per heavy atom. The van der Waals surface area contributed by atoms with Crippen molar-refractivity contribution in [2.75, 3.05) is 19.5 Å². The fourth-order valence-electron chi connectivity index (χ4n) is 3.02. The Hall–Kier alpha value is -1.69. The number of carbonyl (C=O) groups excluding carboxylic acids is 2. The highest BCUT2D eigenvalue weighted by Gasteiger charge is 2.42. The lowest BCUT2D eigenvalue weighted by Gasteiger charge is -2.29. The molecule has 0 aliphatic carbocycles. The third-order valence-corrected chi connectivity index (χ3v) is 5.71. The predicted octanol–water partition coefficient (Wildman–Crippen LogP) is 3.75. The van der Waals surface area contributed by atoms with Gasteiger partial charge in [-0.1, -0.05) is 39.8 Å². The number of esters is 1. The Balaban J connectivity index is 2.12. The second kappa shape index (κ2) is 10.0. The first-order valence-electron chi connectivity index (χ1n) is 9.54. The van der Waals surface area contributed by atoms with Crippen LogP contribution in [-0.4, -0.2) is 47.7 Å². The first-order valence-corrected chi connectivity index (χ1v) is 10.6. The maximum absolute atomic E-state index is 13.1. The molecule has 0 N–H and O–H groups in total. The van der Waals surface area contributed by atoms with Crippen LogP contribution in [0.25, 0.3) is 0 Å². The van der Waals surface area contributed by atoms with Gasteiger partial charge < -0.3 is 14.4 Å². The minimum absolute atomic E-state index is 0.0207. The number of methoxy groups -OCH3 is 1. The lowest BCUT2D eigenvalue weighted by atomic mass is 10.1. The number of benzene rings is 1. The summed E-state index contributed by atoms with van der Waals surface area (Å²) in [5.74, 6) is 1.77.